The summed E-state index contributed by atoms with van der Waals surface area (Å²) in [6.45, 7) is 1.73. The van der Waals surface area contributed by atoms with Gasteiger partial charge in [0.2, 0.25) is 0 Å². The maximum atomic E-state index is 11.3. The van der Waals surface area contributed by atoms with Gasteiger partial charge in [-0.05, 0) is 48.9 Å². The third kappa shape index (κ3) is 3.43. The lowest BCUT2D eigenvalue weighted by Gasteiger charge is -2.09. The number of carboxylic acid groups (broad SMARTS) is 1. The molecule has 0 atom stereocenters. The molecule has 4 aromatic rings. The molecular formula is C23H19N3O3. The molecule has 144 valence electrons. The molecule has 0 saturated carbocycles. The Kier molecular flexibility index (Phi) is 4.52. The van der Waals surface area contributed by atoms with Gasteiger partial charge in [0.1, 0.15) is 0 Å². The van der Waals surface area contributed by atoms with Crippen molar-refractivity contribution in [2.75, 3.05) is 5.73 Å². The first kappa shape index (κ1) is 18.3. The lowest BCUT2D eigenvalue weighted by atomic mass is 10.0. The molecule has 0 unspecified atom stereocenters. The largest absolute Gasteiger partial charge is 0.494 e. The predicted octanol–water partition coefficient (Wildman–Crippen LogP) is 4.63. The molecule has 5 N–H and O–H groups in total. The molecule has 1 heterocycles. The van der Waals surface area contributed by atoms with Gasteiger partial charge in [0.05, 0.1) is 22.5 Å². The summed E-state index contributed by atoms with van der Waals surface area (Å²) in [4.78, 5) is 19.0. The Bertz CT molecular complexity index is 1260. The molecule has 0 aliphatic rings. The van der Waals surface area contributed by atoms with Gasteiger partial charge in [0.15, 0.2) is 5.88 Å². The molecule has 3 aromatic carbocycles. The highest BCUT2D eigenvalue weighted by Crippen LogP contribution is 2.32. The van der Waals surface area contributed by atoms with Crippen LogP contribution in [0.3, 0.4) is 0 Å². The van der Waals surface area contributed by atoms with Crippen LogP contribution in [-0.2, 0) is 0 Å². The van der Waals surface area contributed by atoms with Crippen molar-refractivity contribution in [3.63, 3.8) is 0 Å². The molecule has 0 amide bonds. The number of H-pyrrole nitrogens is 1. The van der Waals surface area contributed by atoms with Gasteiger partial charge in [0.25, 0.3) is 0 Å². The van der Waals surface area contributed by atoms with Gasteiger partial charge in [-0.25, -0.2) is 9.79 Å². The Morgan fingerprint density at radius 3 is 2.48 bits per heavy atom. The number of nitrogens with zero attached hydrogens (tertiary/aromatic N) is 1. The first-order valence-corrected chi connectivity index (χ1v) is 9.02. The normalized spacial score (nSPS) is 11.7. The molecular weight excluding hydrogens is 366 g/mol. The minimum Gasteiger partial charge on any atom is -0.494 e. The third-order valence-corrected chi connectivity index (χ3v) is 4.77. The highest BCUT2D eigenvalue weighted by atomic mass is 16.4. The van der Waals surface area contributed by atoms with E-state index in [1.807, 2.05) is 36.4 Å². The molecule has 0 aliphatic carbocycles. The van der Waals surface area contributed by atoms with Crippen LogP contribution >= 0.6 is 0 Å². The van der Waals surface area contributed by atoms with E-state index in [4.69, 9.17) is 10.7 Å². The Morgan fingerprint density at radius 2 is 1.79 bits per heavy atom. The predicted molar refractivity (Wildman–Crippen MR) is 114 cm³/mol. The zero-order valence-corrected chi connectivity index (χ0v) is 15.7. The summed E-state index contributed by atoms with van der Waals surface area (Å²) < 4.78 is 0. The number of anilines is 1. The fourth-order valence-electron chi connectivity index (χ4n) is 3.38. The molecule has 4 rings (SSSR count). The number of nitrogen functional groups attached to an aromatic ring is 1. The number of carboxylic acids is 1. The molecule has 1 aromatic heterocycles. The summed E-state index contributed by atoms with van der Waals surface area (Å²) in [6, 6.07) is 19.8. The second-order valence-corrected chi connectivity index (χ2v) is 6.78. The molecule has 29 heavy (non-hydrogen) atoms. The van der Waals surface area contributed by atoms with Crippen LogP contribution in [0.5, 0.6) is 5.88 Å². The van der Waals surface area contributed by atoms with E-state index in [9.17, 15) is 15.0 Å². The maximum absolute atomic E-state index is 11.3. The fraction of sp³-hybridized carbons (Fsp3) is 0.0435. The number of aryl methyl sites for hydroxylation is 1. The van der Waals surface area contributed by atoms with Crippen LogP contribution in [0.1, 0.15) is 27.0 Å². The summed E-state index contributed by atoms with van der Waals surface area (Å²) in [5.41, 5.74) is 10.6. The Labute approximate surface area is 167 Å². The van der Waals surface area contributed by atoms with Gasteiger partial charge in [-0.15, -0.1) is 0 Å². The van der Waals surface area contributed by atoms with E-state index >= 15 is 0 Å². The minimum atomic E-state index is -0.980. The van der Waals surface area contributed by atoms with Crippen LogP contribution in [0, 0.1) is 6.92 Å². The van der Waals surface area contributed by atoms with Crippen LogP contribution in [-0.4, -0.2) is 26.9 Å². The van der Waals surface area contributed by atoms with Crippen LogP contribution in [0.25, 0.3) is 10.9 Å². The van der Waals surface area contributed by atoms with E-state index < -0.39 is 5.97 Å². The number of fused-ring (bicyclic) bond motifs is 1. The SMILES string of the molecule is Cc1cc(N=C(c2ccccc2)c2c(O)[nH]c3ccc(N)cc23)ccc1C(=O)O. The molecule has 6 nitrogen and oxygen atoms in total. The van der Waals surface area contributed by atoms with E-state index in [1.54, 1.807) is 31.2 Å². The number of aromatic nitrogens is 1. The van der Waals surface area contributed by atoms with E-state index in [0.717, 1.165) is 16.5 Å². The molecule has 6 heteroatoms. The topological polar surface area (TPSA) is 112 Å². The van der Waals surface area contributed by atoms with Crippen LogP contribution in [0.15, 0.2) is 71.7 Å². The summed E-state index contributed by atoms with van der Waals surface area (Å²) >= 11 is 0. The average Bonchev–Trinajstić information content (AvgIpc) is 3.01. The zero-order valence-electron chi connectivity index (χ0n) is 15.7. The highest BCUT2D eigenvalue weighted by Gasteiger charge is 2.19. The standard InChI is InChI=1S/C23H19N3O3/c1-13-11-16(8-9-17(13)23(28)29)25-21(14-5-3-2-4-6-14)20-18-12-15(24)7-10-19(18)26-22(20)27/h2-12,26-27H,24H2,1H3,(H,28,29). The van der Waals surface area contributed by atoms with Crippen LogP contribution in [0.4, 0.5) is 11.4 Å². The molecule has 0 spiro atoms. The maximum Gasteiger partial charge on any atom is 0.335 e. The molecule has 0 fully saturated rings. The average molecular weight is 385 g/mol. The van der Waals surface area contributed by atoms with Gasteiger partial charge in [-0.1, -0.05) is 30.3 Å². The summed E-state index contributed by atoms with van der Waals surface area (Å²) in [5.74, 6) is -0.988. The van der Waals surface area contributed by atoms with Crippen molar-refractivity contribution >= 4 is 34.0 Å². The van der Waals surface area contributed by atoms with Crippen molar-refractivity contribution in [1.82, 2.24) is 4.98 Å². The van der Waals surface area contributed by atoms with Gasteiger partial charge < -0.3 is 20.9 Å². The second-order valence-electron chi connectivity index (χ2n) is 6.78. The number of aromatic hydroxyl groups is 1. The summed E-state index contributed by atoms with van der Waals surface area (Å²) in [6.07, 6.45) is 0. The second kappa shape index (κ2) is 7.16. The number of carbonyl (C=O) groups is 1. The molecule has 0 aliphatic heterocycles. The number of rotatable bonds is 4. The number of aromatic amines is 1. The Hall–Kier alpha value is -4.06. The van der Waals surface area contributed by atoms with Gasteiger partial charge in [-0.2, -0.15) is 0 Å². The highest BCUT2D eigenvalue weighted by molar-refractivity contribution is 6.22. The Balaban J connectivity index is 1.97. The third-order valence-electron chi connectivity index (χ3n) is 4.77. The smallest absolute Gasteiger partial charge is 0.335 e. The monoisotopic (exact) mass is 385 g/mol. The van der Waals surface area contributed by atoms with Crippen LogP contribution in [0.2, 0.25) is 0 Å². The number of aliphatic imine (C=N–C) groups is 1. The number of nitrogens with one attached hydrogen (secondary N) is 1. The van der Waals surface area contributed by atoms with Crippen molar-refractivity contribution in [2.45, 2.75) is 6.92 Å². The number of hydrogen-bond donors (Lipinski definition) is 4. The van der Waals surface area contributed by atoms with E-state index in [0.29, 0.717) is 28.2 Å². The summed E-state index contributed by atoms with van der Waals surface area (Å²) in [5, 5.41) is 20.7. The number of hydrogen-bond acceptors (Lipinski definition) is 4. The van der Waals surface area contributed by atoms with Crippen molar-refractivity contribution in [2.24, 2.45) is 4.99 Å². The molecule has 0 radical (unpaired) electrons. The van der Waals surface area contributed by atoms with E-state index in [2.05, 4.69) is 4.98 Å². The lowest BCUT2D eigenvalue weighted by Crippen LogP contribution is -2.03. The van der Waals surface area contributed by atoms with E-state index in [-0.39, 0.29) is 11.4 Å². The van der Waals surface area contributed by atoms with Crippen molar-refractivity contribution in [3.05, 3.63) is 89.0 Å². The number of nitrogens with two attached hydrogens (primary N) is 1. The first-order chi connectivity index (χ1) is 13.9. The van der Waals surface area contributed by atoms with Crippen molar-refractivity contribution in [1.29, 1.82) is 0 Å². The first-order valence-electron chi connectivity index (χ1n) is 9.02. The quantitative estimate of drug-likeness (QED) is 0.303. The van der Waals surface area contributed by atoms with Gasteiger partial charge >= 0.3 is 5.97 Å². The number of benzene rings is 3. The van der Waals surface area contributed by atoms with Gasteiger partial charge in [-0.3, -0.25) is 0 Å². The zero-order chi connectivity index (χ0) is 20.5. The molecule has 0 saturated heterocycles. The van der Waals surface area contributed by atoms with Crippen molar-refractivity contribution < 1.29 is 15.0 Å². The van der Waals surface area contributed by atoms with Gasteiger partial charge in [0, 0.05) is 22.2 Å². The number of aromatic carboxylic acids is 1. The fourth-order valence-corrected chi connectivity index (χ4v) is 3.38. The summed E-state index contributed by atoms with van der Waals surface area (Å²) in [7, 11) is 0. The lowest BCUT2D eigenvalue weighted by molar-refractivity contribution is 0.0696. The Morgan fingerprint density at radius 1 is 1.03 bits per heavy atom. The van der Waals surface area contributed by atoms with E-state index in [1.165, 1.54) is 6.07 Å². The van der Waals surface area contributed by atoms with Crippen molar-refractivity contribution in [3.8, 4) is 5.88 Å². The van der Waals surface area contributed by atoms with Crippen LogP contribution < -0.4 is 5.73 Å². The molecule has 0 bridgehead atoms. The minimum absolute atomic E-state index is 0.00733.